The molecule has 290 valence electrons. The summed E-state index contributed by atoms with van der Waals surface area (Å²) >= 11 is 0. The van der Waals surface area contributed by atoms with E-state index >= 15 is 0 Å². The molecule has 4 aliphatic rings. The molecule has 4 unspecified atom stereocenters. The lowest BCUT2D eigenvalue weighted by Crippen LogP contribution is -2.21. The molecular formula is C40H34O16. The summed E-state index contributed by atoms with van der Waals surface area (Å²) in [6.45, 7) is 1.51. The van der Waals surface area contributed by atoms with Gasteiger partial charge in [0.1, 0.15) is 75.9 Å². The molecule has 0 spiro atoms. The standard InChI is InChI=1S/C22H18O8.C18H16O8/c23-21-27-11-13(29-21)9-25-19-15-5-1-2-6-16(15)20(18-8-4-3-7-17(18)19)26-10-14-12-28-22(24)30-14;19-17-23-9-13(25-17)7-21-12-4-5-15-11(6-12)2-1-3-16(15)22-8-14-10-24-18(20)26-14/h1-8,13-14H,9-12H2;1-6,13-14H,7-10H2. The zero-order valence-electron chi connectivity index (χ0n) is 29.6. The van der Waals surface area contributed by atoms with Crippen LogP contribution in [0.25, 0.3) is 32.3 Å². The fraction of sp³-hybridized carbons (Fsp3) is 0.300. The second kappa shape index (κ2) is 16.3. The predicted octanol–water partition coefficient (Wildman–Crippen LogP) is 6.49. The molecular weight excluding hydrogens is 736 g/mol. The van der Waals surface area contributed by atoms with Gasteiger partial charge >= 0.3 is 24.6 Å². The predicted molar refractivity (Wildman–Crippen MR) is 192 cm³/mol. The van der Waals surface area contributed by atoms with Gasteiger partial charge in [0, 0.05) is 26.9 Å². The highest BCUT2D eigenvalue weighted by Gasteiger charge is 2.29. The molecule has 4 atom stereocenters. The van der Waals surface area contributed by atoms with E-state index in [1.807, 2.05) is 84.9 Å². The van der Waals surface area contributed by atoms with E-state index in [0.29, 0.717) is 23.0 Å². The lowest BCUT2D eigenvalue weighted by Gasteiger charge is -2.19. The van der Waals surface area contributed by atoms with Gasteiger partial charge in [0.25, 0.3) is 0 Å². The summed E-state index contributed by atoms with van der Waals surface area (Å²) < 4.78 is 62.8. The summed E-state index contributed by atoms with van der Waals surface area (Å²) in [6, 6.07) is 26.7. The Morgan fingerprint density at radius 2 is 0.839 bits per heavy atom. The van der Waals surface area contributed by atoms with Crippen molar-refractivity contribution < 1.29 is 76.0 Å². The third-order valence-electron chi connectivity index (χ3n) is 8.93. The maximum absolute atomic E-state index is 11.2. The minimum Gasteiger partial charge on any atom is -0.490 e. The van der Waals surface area contributed by atoms with E-state index in [1.165, 1.54) is 0 Å². The summed E-state index contributed by atoms with van der Waals surface area (Å²) in [4.78, 5) is 44.2. The van der Waals surface area contributed by atoms with Crippen molar-refractivity contribution >= 4 is 56.9 Å². The molecule has 0 aromatic heterocycles. The molecule has 4 saturated heterocycles. The Labute approximate surface area is 317 Å². The number of ether oxygens (including phenoxy) is 12. The van der Waals surface area contributed by atoms with E-state index in [0.717, 1.165) is 32.3 Å². The van der Waals surface area contributed by atoms with Gasteiger partial charge in [-0.05, 0) is 29.7 Å². The van der Waals surface area contributed by atoms with Crippen LogP contribution in [0.4, 0.5) is 19.2 Å². The Bertz CT molecular complexity index is 2130. The third-order valence-corrected chi connectivity index (χ3v) is 8.93. The number of hydrogen-bond donors (Lipinski definition) is 0. The topological polar surface area (TPSA) is 179 Å². The van der Waals surface area contributed by atoms with E-state index in [9.17, 15) is 19.2 Å². The minimum atomic E-state index is -0.682. The van der Waals surface area contributed by atoms with Gasteiger partial charge in [-0.25, -0.2) is 19.2 Å². The molecule has 16 nitrogen and oxygen atoms in total. The van der Waals surface area contributed by atoms with Gasteiger partial charge in [-0.1, -0.05) is 60.7 Å². The SMILES string of the molecule is O=C1OCC(COc2c3ccccc3c(OCC3COC(=O)O3)c3ccccc23)O1.O=C1OCC(COc2ccc3c(OCC4COC(=O)O4)cccc3c2)O1. The van der Waals surface area contributed by atoms with Crippen LogP contribution < -0.4 is 18.9 Å². The fourth-order valence-corrected chi connectivity index (χ4v) is 6.32. The zero-order chi connectivity index (χ0) is 38.4. The number of rotatable bonds is 12. The van der Waals surface area contributed by atoms with Gasteiger partial charge in [0.05, 0.1) is 0 Å². The zero-order valence-corrected chi connectivity index (χ0v) is 29.6. The molecule has 9 rings (SSSR count). The number of fused-ring (bicyclic) bond motifs is 3. The first-order chi connectivity index (χ1) is 27.4. The molecule has 0 radical (unpaired) electrons. The first-order valence-corrected chi connectivity index (χ1v) is 17.7. The summed E-state index contributed by atoms with van der Waals surface area (Å²) in [7, 11) is 0. The lowest BCUT2D eigenvalue weighted by molar-refractivity contribution is 0.0979. The molecule has 16 heteroatoms. The first-order valence-electron chi connectivity index (χ1n) is 17.7. The Morgan fingerprint density at radius 1 is 0.429 bits per heavy atom. The van der Waals surface area contributed by atoms with Crippen LogP contribution in [0.5, 0.6) is 23.0 Å². The Hall–Kier alpha value is -6.84. The summed E-state index contributed by atoms with van der Waals surface area (Å²) in [5, 5.41) is 5.26. The third kappa shape index (κ3) is 8.28. The quantitative estimate of drug-likeness (QED) is 0.0763. The van der Waals surface area contributed by atoms with Crippen molar-refractivity contribution in [3.63, 3.8) is 0 Å². The van der Waals surface area contributed by atoms with Gasteiger partial charge in [-0.2, -0.15) is 0 Å². The van der Waals surface area contributed by atoms with E-state index in [1.54, 1.807) is 0 Å². The number of hydrogen-bond acceptors (Lipinski definition) is 16. The first kappa shape index (κ1) is 36.2. The molecule has 0 N–H and O–H groups in total. The van der Waals surface area contributed by atoms with E-state index in [4.69, 9.17) is 56.8 Å². The number of carbonyl (C=O) groups is 4. The summed E-state index contributed by atoms with van der Waals surface area (Å²) in [5.74, 6) is 2.67. The van der Waals surface area contributed by atoms with Gasteiger partial charge in [-0.3, -0.25) is 0 Å². The summed E-state index contributed by atoms with van der Waals surface area (Å²) in [6.07, 6.45) is -4.42. The largest absolute Gasteiger partial charge is 0.508 e. The molecule has 4 aliphatic heterocycles. The molecule has 5 aromatic rings. The highest BCUT2D eigenvalue weighted by Crippen LogP contribution is 2.43. The van der Waals surface area contributed by atoms with Gasteiger partial charge in [0.2, 0.25) is 0 Å². The van der Waals surface area contributed by atoms with Crippen molar-refractivity contribution in [2.24, 2.45) is 0 Å². The molecule has 56 heavy (non-hydrogen) atoms. The monoisotopic (exact) mass is 770 g/mol. The van der Waals surface area contributed by atoms with E-state index < -0.39 is 49.0 Å². The van der Waals surface area contributed by atoms with Crippen LogP contribution in [0.15, 0.2) is 84.9 Å². The molecule has 4 heterocycles. The van der Waals surface area contributed by atoms with Gasteiger partial charge in [0.15, 0.2) is 24.4 Å². The number of benzene rings is 5. The fourth-order valence-electron chi connectivity index (χ4n) is 6.32. The van der Waals surface area contributed by atoms with Crippen LogP contribution >= 0.6 is 0 Å². The Morgan fingerprint density at radius 3 is 1.25 bits per heavy atom. The number of carbonyl (C=O) groups excluding carboxylic acids is 4. The molecule has 4 fully saturated rings. The van der Waals surface area contributed by atoms with Gasteiger partial charge in [-0.15, -0.1) is 0 Å². The van der Waals surface area contributed by atoms with Crippen LogP contribution in [0.3, 0.4) is 0 Å². The Kier molecular flexibility index (Phi) is 10.5. The normalized spacial score (nSPS) is 21.1. The van der Waals surface area contributed by atoms with E-state index in [2.05, 4.69) is 0 Å². The van der Waals surface area contributed by atoms with E-state index in [-0.39, 0.29) is 52.9 Å². The van der Waals surface area contributed by atoms with Crippen molar-refractivity contribution in [3.8, 4) is 23.0 Å². The van der Waals surface area contributed by atoms with Crippen LogP contribution in [0, 0.1) is 0 Å². The Balaban J connectivity index is 0.000000159. The lowest BCUT2D eigenvalue weighted by atomic mass is 10.0. The van der Waals surface area contributed by atoms with Crippen LogP contribution in [-0.2, 0) is 37.9 Å². The average molecular weight is 771 g/mol. The minimum absolute atomic E-state index is 0.165. The average Bonchev–Trinajstić information content (AvgIpc) is 4.04. The van der Waals surface area contributed by atoms with Crippen molar-refractivity contribution in [2.75, 3.05) is 52.9 Å². The molecule has 0 aliphatic carbocycles. The summed E-state index contributed by atoms with van der Waals surface area (Å²) in [5.41, 5.74) is 0. The van der Waals surface area contributed by atoms with Crippen molar-refractivity contribution in [2.45, 2.75) is 24.4 Å². The smallest absolute Gasteiger partial charge is 0.490 e. The van der Waals surface area contributed by atoms with Crippen molar-refractivity contribution in [1.82, 2.24) is 0 Å². The second-order valence-corrected chi connectivity index (χ2v) is 12.8. The maximum atomic E-state index is 11.2. The van der Waals surface area contributed by atoms with Crippen LogP contribution in [0.1, 0.15) is 0 Å². The number of cyclic esters (lactones) is 8. The molecule has 0 saturated carbocycles. The molecule has 0 amide bonds. The van der Waals surface area contributed by atoms with Gasteiger partial charge < -0.3 is 56.8 Å². The van der Waals surface area contributed by atoms with Crippen molar-refractivity contribution in [3.05, 3.63) is 84.9 Å². The highest BCUT2D eigenvalue weighted by molar-refractivity contribution is 6.11. The molecule has 0 bridgehead atoms. The second-order valence-electron chi connectivity index (χ2n) is 12.8. The van der Waals surface area contributed by atoms with Crippen LogP contribution in [0.2, 0.25) is 0 Å². The van der Waals surface area contributed by atoms with Crippen LogP contribution in [-0.4, -0.2) is 102 Å². The van der Waals surface area contributed by atoms with Crippen molar-refractivity contribution in [1.29, 1.82) is 0 Å². The maximum Gasteiger partial charge on any atom is 0.508 e. The molecule has 5 aromatic carbocycles. The highest BCUT2D eigenvalue weighted by atomic mass is 16.8.